The number of hydrogen-bond acceptors (Lipinski definition) is 2. The van der Waals surface area contributed by atoms with Crippen LogP contribution in [0, 0.1) is 0 Å². The molecule has 21 aromatic carbocycles. The molecule has 0 unspecified atom stereocenters. The summed E-state index contributed by atoms with van der Waals surface area (Å²) in [7, 11) is 0. The second-order valence-electron chi connectivity index (χ2n) is 34.1. The number of hydrogen-bond donors (Lipinski definition) is 0. The Bertz CT molecular complexity index is 8070. The lowest BCUT2D eigenvalue weighted by Gasteiger charge is -2.34. The summed E-state index contributed by atoms with van der Waals surface area (Å²) in [5.41, 5.74) is 37.7. The zero-order valence-electron chi connectivity index (χ0n) is 71.4. The zero-order chi connectivity index (χ0) is 86.1. The molecule has 4 nitrogen and oxygen atoms in total. The summed E-state index contributed by atoms with van der Waals surface area (Å²) in [6, 6.07) is 191. The van der Waals surface area contributed by atoms with Crippen molar-refractivity contribution >= 4 is 88.5 Å². The van der Waals surface area contributed by atoms with Crippen molar-refractivity contribution in [2.45, 2.75) is 10.8 Å². The molecule has 2 heterocycles. The number of anilines is 6. The van der Waals surface area contributed by atoms with Crippen LogP contribution in [0.5, 0.6) is 0 Å². The monoisotopic (exact) mass is 1650 g/mol. The topological polar surface area (TPSA) is 16.3 Å². The molecule has 0 N–H and O–H groups in total. The molecule has 0 fully saturated rings. The molecule has 4 heteroatoms. The SMILES string of the molecule is c1ccc(N(c2ccc(-c3cccc(-c4ccc5c6ccccc6n(-c6ccc7c(c6)C(c6ccccc6)(c6ccccc6)c6ccccc6-7)c5c4)c3)cc2)c2ccc3ccccc3c2)cc1.c1ccc(N(c2ccccc2)c2ccc(-c3cccc(-c4ccc5c6ccccc6n(-c6ccc7c(c6)C(c6ccccc6)(c6ccccc6)c6ccccc6-7)c5c4)c3)cc2)cc1. The fraction of sp³-hybridized carbons (Fsp3) is 0.0159. The molecule has 2 aromatic heterocycles. The molecule has 0 saturated heterocycles. The minimum absolute atomic E-state index is 0.478. The van der Waals surface area contributed by atoms with Crippen LogP contribution in [0.1, 0.15) is 44.5 Å². The van der Waals surface area contributed by atoms with Crippen molar-refractivity contribution in [2.75, 3.05) is 9.80 Å². The summed E-state index contributed by atoms with van der Waals surface area (Å²) in [5.74, 6) is 0. The highest BCUT2D eigenvalue weighted by Crippen LogP contribution is 2.59. The van der Waals surface area contributed by atoms with Crippen LogP contribution in [0.3, 0.4) is 0 Å². The largest absolute Gasteiger partial charge is 0.311 e. The molecule has 0 amide bonds. The van der Waals surface area contributed by atoms with Crippen molar-refractivity contribution in [3.05, 3.63) is 566 Å². The van der Waals surface area contributed by atoms with Gasteiger partial charge in [-0.15, -0.1) is 0 Å². The Balaban J connectivity index is 0.000000144. The first-order chi connectivity index (χ1) is 64.5. The van der Waals surface area contributed by atoms with Gasteiger partial charge in [0.05, 0.1) is 32.9 Å². The van der Waals surface area contributed by atoms with Crippen molar-refractivity contribution in [1.82, 2.24) is 9.13 Å². The predicted molar refractivity (Wildman–Crippen MR) is 545 cm³/mol. The second-order valence-corrected chi connectivity index (χ2v) is 34.1. The van der Waals surface area contributed by atoms with E-state index in [2.05, 4.69) is 541 Å². The molecule has 23 aromatic rings. The number of benzene rings is 21. The molecule has 0 spiro atoms. The van der Waals surface area contributed by atoms with E-state index in [9.17, 15) is 0 Å². The number of aromatic nitrogens is 2. The van der Waals surface area contributed by atoms with E-state index in [1.807, 2.05) is 0 Å². The van der Waals surface area contributed by atoms with Crippen LogP contribution in [-0.2, 0) is 10.8 Å². The van der Waals surface area contributed by atoms with Crippen LogP contribution in [0.25, 0.3) is 133 Å². The lowest BCUT2D eigenvalue weighted by molar-refractivity contribution is 0.767. The molecule has 0 aliphatic heterocycles. The highest BCUT2D eigenvalue weighted by molar-refractivity contribution is 6.12. The fourth-order valence-electron chi connectivity index (χ4n) is 21.3. The van der Waals surface area contributed by atoms with E-state index in [4.69, 9.17) is 0 Å². The lowest BCUT2D eigenvalue weighted by atomic mass is 9.67. The normalized spacial score (nSPS) is 12.6. The Morgan fingerprint density at radius 1 is 0.154 bits per heavy atom. The van der Waals surface area contributed by atoms with Gasteiger partial charge in [0.25, 0.3) is 0 Å². The summed E-state index contributed by atoms with van der Waals surface area (Å²) in [6.07, 6.45) is 0. The Morgan fingerprint density at radius 3 is 0.854 bits per heavy atom. The van der Waals surface area contributed by atoms with Gasteiger partial charge in [-0.05, 0) is 256 Å². The summed E-state index contributed by atoms with van der Waals surface area (Å²) < 4.78 is 4.96. The van der Waals surface area contributed by atoms with E-state index >= 15 is 0 Å². The van der Waals surface area contributed by atoms with Gasteiger partial charge in [-0.3, -0.25) is 0 Å². The summed E-state index contributed by atoms with van der Waals surface area (Å²) in [5, 5.41) is 7.42. The van der Waals surface area contributed by atoms with Gasteiger partial charge in [-0.1, -0.05) is 388 Å². The predicted octanol–water partition coefficient (Wildman–Crippen LogP) is 33.1. The van der Waals surface area contributed by atoms with E-state index in [1.54, 1.807) is 0 Å². The number of rotatable bonds is 16. The van der Waals surface area contributed by atoms with Crippen molar-refractivity contribution in [3.63, 3.8) is 0 Å². The Kier molecular flexibility index (Phi) is 19.0. The van der Waals surface area contributed by atoms with Gasteiger partial charge in [0.15, 0.2) is 0 Å². The van der Waals surface area contributed by atoms with E-state index in [0.717, 1.165) is 45.5 Å². The van der Waals surface area contributed by atoms with Gasteiger partial charge in [0.1, 0.15) is 0 Å². The smallest absolute Gasteiger partial charge is 0.0714 e. The van der Waals surface area contributed by atoms with Crippen LogP contribution in [0.15, 0.2) is 522 Å². The molecule has 2 aliphatic rings. The molecule has 0 bridgehead atoms. The molecule has 0 atom stereocenters. The van der Waals surface area contributed by atoms with Gasteiger partial charge in [-0.2, -0.15) is 0 Å². The zero-order valence-corrected chi connectivity index (χ0v) is 71.4. The third-order valence-electron chi connectivity index (χ3n) is 27.1. The van der Waals surface area contributed by atoms with Crippen molar-refractivity contribution in [3.8, 4) is 78.1 Å². The summed E-state index contributed by atoms with van der Waals surface area (Å²) >= 11 is 0. The van der Waals surface area contributed by atoms with E-state index in [0.29, 0.717) is 0 Å². The first-order valence-corrected chi connectivity index (χ1v) is 44.9. The quantitative estimate of drug-likeness (QED) is 0.0959. The van der Waals surface area contributed by atoms with E-state index in [-0.39, 0.29) is 0 Å². The third-order valence-corrected chi connectivity index (χ3v) is 27.1. The van der Waals surface area contributed by atoms with Gasteiger partial charge in [0, 0.05) is 67.0 Å². The maximum absolute atomic E-state index is 2.48. The number of para-hydroxylation sites is 5. The maximum Gasteiger partial charge on any atom is 0.0714 e. The highest BCUT2D eigenvalue weighted by Gasteiger charge is 2.48. The summed E-state index contributed by atoms with van der Waals surface area (Å²) in [4.78, 5) is 4.64. The van der Waals surface area contributed by atoms with Gasteiger partial charge in [-0.25, -0.2) is 0 Å². The Labute approximate surface area is 757 Å². The van der Waals surface area contributed by atoms with Crippen molar-refractivity contribution in [1.29, 1.82) is 0 Å². The summed E-state index contributed by atoms with van der Waals surface area (Å²) in [6.45, 7) is 0. The van der Waals surface area contributed by atoms with Crippen LogP contribution in [-0.4, -0.2) is 9.13 Å². The number of fused-ring (bicyclic) bond motifs is 13. The third kappa shape index (κ3) is 12.9. The molecule has 2 aliphatic carbocycles. The minimum atomic E-state index is -0.483. The van der Waals surface area contributed by atoms with Gasteiger partial charge in [0.2, 0.25) is 0 Å². The standard InChI is InChI=1S/C65H44N2.C61H42N2/c1-4-21-51(22-5-1)65(52-23-6-2-7-24-52)61-29-14-12-27-57(61)58-40-38-56(44-62(58)65)67-63-30-15-13-28-59(63)60-39-34-50(43-64(60)67)48-20-16-19-47(41-48)46-31-35-54(36-32-46)66(53-25-8-3-9-26-53)55-37-33-45-17-10-11-18-49(45)42-55;1-5-20-47(21-6-1)61(48-22-7-2-8-23-48)57-30-15-13-28-53(57)54-39-37-52(42-58(54)61)63-59-31-16-14-29-55(59)56-38-34-46(41-60(56)63)45-19-17-18-44(40-45)43-32-35-51(36-33-43)62(49-24-9-3-10-25-49)50-26-11-4-12-27-50/h1-44H;1-42H. The first-order valence-electron chi connectivity index (χ1n) is 44.9. The Morgan fingerprint density at radius 2 is 0.446 bits per heavy atom. The van der Waals surface area contributed by atoms with E-state index < -0.39 is 10.8 Å². The van der Waals surface area contributed by atoms with E-state index in [1.165, 1.54) is 166 Å². The molecule has 0 saturated carbocycles. The maximum atomic E-state index is 2.48. The lowest BCUT2D eigenvalue weighted by Crippen LogP contribution is -2.28. The Hall–Kier alpha value is -16.9. The first kappa shape index (κ1) is 76.7. The molecule has 610 valence electrons. The molecular weight excluding hydrogens is 1570 g/mol. The van der Waals surface area contributed by atoms with Gasteiger partial charge >= 0.3 is 0 Å². The van der Waals surface area contributed by atoms with Crippen LogP contribution in [0.2, 0.25) is 0 Å². The second kappa shape index (κ2) is 32.2. The van der Waals surface area contributed by atoms with Crippen LogP contribution in [0.4, 0.5) is 34.1 Å². The average Bonchev–Trinajstić information content (AvgIpc) is 1.53. The molecule has 130 heavy (non-hydrogen) atoms. The van der Waals surface area contributed by atoms with Crippen LogP contribution >= 0.6 is 0 Å². The van der Waals surface area contributed by atoms with Crippen molar-refractivity contribution < 1.29 is 0 Å². The van der Waals surface area contributed by atoms with Crippen molar-refractivity contribution in [2.24, 2.45) is 0 Å². The average molecular weight is 1660 g/mol. The number of nitrogens with zero attached hydrogens (tertiary/aromatic N) is 4. The fourth-order valence-corrected chi connectivity index (χ4v) is 21.3. The molecule has 25 rings (SSSR count). The minimum Gasteiger partial charge on any atom is -0.311 e. The highest BCUT2D eigenvalue weighted by atomic mass is 15.1. The van der Waals surface area contributed by atoms with Gasteiger partial charge < -0.3 is 18.9 Å². The van der Waals surface area contributed by atoms with Crippen LogP contribution < -0.4 is 9.80 Å². The molecule has 0 radical (unpaired) electrons. The molecular formula is C126H86N4.